The second kappa shape index (κ2) is 10.7. The van der Waals surface area contributed by atoms with E-state index in [1.54, 1.807) is 25.1 Å². The van der Waals surface area contributed by atoms with E-state index in [0.29, 0.717) is 10.2 Å². The van der Waals surface area contributed by atoms with Crippen molar-refractivity contribution in [1.82, 2.24) is 4.57 Å². The molecule has 0 bridgehead atoms. The second-order valence-electron chi connectivity index (χ2n) is 7.60. The number of hydrogen-bond acceptors (Lipinski definition) is 8. The van der Waals surface area contributed by atoms with Gasteiger partial charge in [0, 0.05) is 23.4 Å². The molecule has 0 saturated carbocycles. The molecule has 1 heterocycles. The standard InChI is InChI=1S/C24H20N4O7S2/c1-2-35-22(29)15-27-20-13-12-18(28(31)32)14-21(20)36-24(27)25-23(30)16-8-10-17(11-9-16)26-37(33,34)19-6-4-3-5-7-19/h3-14,26H,2,15H2,1H3. The average Bonchev–Trinajstić information content (AvgIpc) is 3.20. The molecule has 4 rings (SSSR count). The lowest BCUT2D eigenvalue weighted by molar-refractivity contribution is -0.384. The van der Waals surface area contributed by atoms with Gasteiger partial charge < -0.3 is 9.30 Å². The van der Waals surface area contributed by atoms with Crippen molar-refractivity contribution in [2.75, 3.05) is 11.3 Å². The topological polar surface area (TPSA) is 150 Å². The molecule has 0 aliphatic rings. The van der Waals surface area contributed by atoms with Crippen molar-refractivity contribution in [3.63, 3.8) is 0 Å². The summed E-state index contributed by atoms with van der Waals surface area (Å²) in [4.78, 5) is 40.1. The summed E-state index contributed by atoms with van der Waals surface area (Å²) in [6, 6.07) is 17.7. The second-order valence-corrected chi connectivity index (χ2v) is 10.3. The van der Waals surface area contributed by atoms with Crippen LogP contribution in [0.4, 0.5) is 11.4 Å². The van der Waals surface area contributed by atoms with Crippen LogP contribution in [0.2, 0.25) is 0 Å². The van der Waals surface area contributed by atoms with Gasteiger partial charge in [-0.15, -0.1) is 0 Å². The third-order valence-corrected chi connectivity index (χ3v) is 7.54. The fourth-order valence-electron chi connectivity index (χ4n) is 3.40. The molecule has 0 spiro atoms. The quantitative estimate of drug-likeness (QED) is 0.203. The maximum absolute atomic E-state index is 12.9. The Labute approximate surface area is 214 Å². The van der Waals surface area contributed by atoms with Crippen LogP contribution in [-0.4, -0.2) is 36.4 Å². The van der Waals surface area contributed by atoms with Crippen LogP contribution in [-0.2, 0) is 26.1 Å². The van der Waals surface area contributed by atoms with Crippen molar-refractivity contribution >= 4 is 54.8 Å². The van der Waals surface area contributed by atoms with Gasteiger partial charge in [0.25, 0.3) is 21.6 Å². The van der Waals surface area contributed by atoms with Gasteiger partial charge in [0.15, 0.2) is 4.80 Å². The Hall–Kier alpha value is -4.36. The molecule has 0 aliphatic heterocycles. The highest BCUT2D eigenvalue weighted by Gasteiger charge is 2.17. The maximum Gasteiger partial charge on any atom is 0.326 e. The molecule has 1 amide bonds. The molecule has 11 nitrogen and oxygen atoms in total. The number of ether oxygens (including phenoxy) is 1. The number of nitro benzene ring substituents is 1. The van der Waals surface area contributed by atoms with Crippen molar-refractivity contribution in [1.29, 1.82) is 0 Å². The highest BCUT2D eigenvalue weighted by molar-refractivity contribution is 7.92. The van der Waals surface area contributed by atoms with Crippen LogP contribution in [0.5, 0.6) is 0 Å². The van der Waals surface area contributed by atoms with Crippen molar-refractivity contribution in [3.05, 3.63) is 93.3 Å². The number of non-ortho nitro benzene ring substituents is 1. The van der Waals surface area contributed by atoms with Gasteiger partial charge >= 0.3 is 5.97 Å². The van der Waals surface area contributed by atoms with E-state index < -0.39 is 26.8 Å². The molecule has 37 heavy (non-hydrogen) atoms. The number of nitrogens with one attached hydrogen (secondary N) is 1. The molecule has 0 aliphatic carbocycles. The number of amides is 1. The number of sulfonamides is 1. The van der Waals surface area contributed by atoms with E-state index in [2.05, 4.69) is 9.71 Å². The molecule has 1 N–H and O–H groups in total. The van der Waals surface area contributed by atoms with Crippen molar-refractivity contribution in [3.8, 4) is 0 Å². The van der Waals surface area contributed by atoms with E-state index in [0.717, 1.165) is 11.3 Å². The van der Waals surface area contributed by atoms with E-state index in [1.807, 2.05) is 0 Å². The SMILES string of the molecule is CCOC(=O)Cn1c(=NC(=O)c2ccc(NS(=O)(=O)c3ccccc3)cc2)sc2cc([N+](=O)[O-])ccc21. The van der Waals surface area contributed by atoms with E-state index in [9.17, 15) is 28.1 Å². The summed E-state index contributed by atoms with van der Waals surface area (Å²) in [7, 11) is -3.79. The third kappa shape index (κ3) is 5.90. The lowest BCUT2D eigenvalue weighted by Gasteiger charge is -2.08. The molecule has 0 fully saturated rings. The largest absolute Gasteiger partial charge is 0.465 e. The molecular weight excluding hydrogens is 520 g/mol. The number of aromatic nitrogens is 1. The number of benzene rings is 3. The minimum atomic E-state index is -3.79. The summed E-state index contributed by atoms with van der Waals surface area (Å²) in [6.07, 6.45) is 0. The van der Waals surface area contributed by atoms with Crippen molar-refractivity contribution < 1.29 is 27.7 Å². The van der Waals surface area contributed by atoms with Gasteiger partial charge in [-0.3, -0.25) is 24.4 Å². The Balaban J connectivity index is 1.65. The Bertz CT molecular complexity index is 1660. The van der Waals surface area contributed by atoms with Crippen LogP contribution in [0.15, 0.2) is 82.7 Å². The summed E-state index contributed by atoms with van der Waals surface area (Å²) in [5.41, 5.74) is 0.782. The first kappa shape index (κ1) is 25.7. The molecule has 3 aromatic carbocycles. The Morgan fingerprint density at radius 3 is 2.43 bits per heavy atom. The van der Waals surface area contributed by atoms with Gasteiger partial charge in [0.1, 0.15) is 6.54 Å². The van der Waals surface area contributed by atoms with E-state index in [4.69, 9.17) is 4.74 Å². The molecule has 0 unspecified atom stereocenters. The minimum absolute atomic E-state index is 0.0984. The summed E-state index contributed by atoms with van der Waals surface area (Å²) >= 11 is 1.02. The number of nitro groups is 1. The van der Waals surface area contributed by atoms with E-state index in [-0.39, 0.29) is 39.8 Å². The van der Waals surface area contributed by atoms with Gasteiger partial charge in [-0.25, -0.2) is 8.42 Å². The van der Waals surface area contributed by atoms with Crippen LogP contribution in [0, 0.1) is 10.1 Å². The average molecular weight is 541 g/mol. The van der Waals surface area contributed by atoms with Crippen LogP contribution in [0.1, 0.15) is 17.3 Å². The Kier molecular flexibility index (Phi) is 7.45. The van der Waals surface area contributed by atoms with Gasteiger partial charge in [0.05, 0.1) is 26.6 Å². The van der Waals surface area contributed by atoms with Crippen molar-refractivity contribution in [2.24, 2.45) is 4.99 Å². The lowest BCUT2D eigenvalue weighted by Crippen LogP contribution is -2.23. The molecule has 0 saturated heterocycles. The first-order valence-corrected chi connectivity index (χ1v) is 13.2. The first-order valence-electron chi connectivity index (χ1n) is 10.9. The number of anilines is 1. The van der Waals surface area contributed by atoms with Crippen LogP contribution >= 0.6 is 11.3 Å². The number of carbonyl (C=O) groups excluding carboxylic acids is 2. The fourth-order valence-corrected chi connectivity index (χ4v) is 5.54. The van der Waals surface area contributed by atoms with E-state index in [1.165, 1.54) is 59.2 Å². The number of fused-ring (bicyclic) bond motifs is 1. The molecule has 0 atom stereocenters. The van der Waals surface area contributed by atoms with Gasteiger partial charge in [-0.2, -0.15) is 4.99 Å². The zero-order valence-corrected chi connectivity index (χ0v) is 21.0. The lowest BCUT2D eigenvalue weighted by atomic mass is 10.2. The number of nitrogens with zero attached hydrogens (tertiary/aromatic N) is 3. The highest BCUT2D eigenvalue weighted by Crippen LogP contribution is 2.24. The number of esters is 1. The van der Waals surface area contributed by atoms with Crippen LogP contribution in [0.3, 0.4) is 0 Å². The van der Waals surface area contributed by atoms with Gasteiger partial charge in [-0.1, -0.05) is 29.5 Å². The van der Waals surface area contributed by atoms with Crippen LogP contribution < -0.4 is 9.52 Å². The Morgan fingerprint density at radius 2 is 1.78 bits per heavy atom. The van der Waals surface area contributed by atoms with Crippen molar-refractivity contribution in [2.45, 2.75) is 18.4 Å². The summed E-state index contributed by atoms with van der Waals surface area (Å²) < 4.78 is 34.4. The Morgan fingerprint density at radius 1 is 1.08 bits per heavy atom. The highest BCUT2D eigenvalue weighted by atomic mass is 32.2. The molecule has 4 aromatic rings. The number of rotatable bonds is 8. The zero-order chi connectivity index (χ0) is 26.6. The van der Waals surface area contributed by atoms with Crippen LogP contribution in [0.25, 0.3) is 10.2 Å². The minimum Gasteiger partial charge on any atom is -0.465 e. The summed E-state index contributed by atoms with van der Waals surface area (Å²) in [5.74, 6) is -1.19. The maximum atomic E-state index is 12.9. The fraction of sp³-hybridized carbons (Fsp3) is 0.125. The monoisotopic (exact) mass is 540 g/mol. The van der Waals surface area contributed by atoms with E-state index >= 15 is 0 Å². The predicted octanol–water partition coefficient (Wildman–Crippen LogP) is 3.72. The molecule has 190 valence electrons. The summed E-state index contributed by atoms with van der Waals surface area (Å²) in [5, 5.41) is 11.2. The summed E-state index contributed by atoms with van der Waals surface area (Å²) in [6.45, 7) is 1.59. The number of thiazole rings is 1. The molecular formula is C24H20N4O7S2. The zero-order valence-electron chi connectivity index (χ0n) is 19.4. The molecule has 0 radical (unpaired) electrons. The number of hydrogen-bond donors (Lipinski definition) is 1. The third-order valence-electron chi connectivity index (χ3n) is 5.10. The number of carbonyl (C=O) groups is 2. The van der Waals surface area contributed by atoms with Gasteiger partial charge in [-0.05, 0) is 49.4 Å². The normalized spacial score (nSPS) is 11.9. The molecule has 13 heteroatoms. The van der Waals surface area contributed by atoms with Gasteiger partial charge in [0.2, 0.25) is 0 Å². The smallest absolute Gasteiger partial charge is 0.326 e. The predicted molar refractivity (Wildman–Crippen MR) is 137 cm³/mol. The first-order chi connectivity index (χ1) is 17.7. The molecule has 1 aromatic heterocycles.